The minimum absolute atomic E-state index is 0.434. The van der Waals surface area contributed by atoms with Crippen molar-refractivity contribution in [1.82, 2.24) is 0 Å². The molecule has 6 heteroatoms. The maximum Gasteiger partial charge on any atom is 0.338 e. The quantitative estimate of drug-likeness (QED) is 0.403. The average Bonchev–Trinajstić information content (AvgIpc) is 2.75. The molecule has 0 radical (unpaired) electrons. The van der Waals surface area contributed by atoms with E-state index in [0.29, 0.717) is 24.0 Å². The van der Waals surface area contributed by atoms with E-state index in [0.717, 1.165) is 20.1 Å². The third kappa shape index (κ3) is 4.82. The summed E-state index contributed by atoms with van der Waals surface area (Å²) in [5.74, 6) is -0.867. The summed E-state index contributed by atoms with van der Waals surface area (Å²) in [4.78, 5) is 25.4. The fourth-order valence-corrected chi connectivity index (χ4v) is 4.00. The zero-order chi connectivity index (χ0) is 21.1. The Morgan fingerprint density at radius 1 is 0.633 bits per heavy atom. The fourth-order valence-electron chi connectivity index (χ4n) is 3.47. The molecule has 4 rings (SSSR count). The molecule has 0 aromatic heterocycles. The molecule has 30 heavy (non-hydrogen) atoms. The first kappa shape index (κ1) is 20.8. The number of halogens is 2. The second kappa shape index (κ2) is 9.14. The Hall–Kier alpha value is -2.44. The summed E-state index contributed by atoms with van der Waals surface area (Å²) in [5.41, 5.74) is 3.11. The van der Waals surface area contributed by atoms with Gasteiger partial charge in [0.25, 0.3) is 0 Å². The predicted molar refractivity (Wildman–Crippen MR) is 121 cm³/mol. The third-order valence-corrected chi connectivity index (χ3v) is 6.11. The molecular weight excluding hydrogens is 512 g/mol. The number of hydrogen-bond donors (Lipinski definition) is 0. The van der Waals surface area contributed by atoms with Crippen molar-refractivity contribution in [2.75, 3.05) is 0 Å². The van der Waals surface area contributed by atoms with Gasteiger partial charge in [0.15, 0.2) is 0 Å². The van der Waals surface area contributed by atoms with Crippen molar-refractivity contribution >= 4 is 43.8 Å². The number of benzene rings is 3. The highest BCUT2D eigenvalue weighted by Gasteiger charge is 2.34. The van der Waals surface area contributed by atoms with Crippen LogP contribution in [0.5, 0.6) is 0 Å². The molecular formula is C24H18Br2O4. The highest BCUT2D eigenvalue weighted by Crippen LogP contribution is 2.27. The van der Waals surface area contributed by atoms with Gasteiger partial charge in [-0.2, -0.15) is 0 Å². The molecule has 1 aliphatic rings. The zero-order valence-electron chi connectivity index (χ0n) is 15.9. The number of rotatable bonds is 4. The monoisotopic (exact) mass is 528 g/mol. The van der Waals surface area contributed by atoms with Gasteiger partial charge >= 0.3 is 11.9 Å². The molecule has 0 bridgehead atoms. The van der Waals surface area contributed by atoms with Gasteiger partial charge in [-0.05, 0) is 59.7 Å². The van der Waals surface area contributed by atoms with Crippen LogP contribution in [0.15, 0.2) is 81.7 Å². The van der Waals surface area contributed by atoms with E-state index in [9.17, 15) is 9.59 Å². The van der Waals surface area contributed by atoms with E-state index in [4.69, 9.17) is 9.47 Å². The van der Waals surface area contributed by atoms with Crippen LogP contribution in [-0.2, 0) is 22.3 Å². The summed E-state index contributed by atoms with van der Waals surface area (Å²) < 4.78 is 13.4. The summed E-state index contributed by atoms with van der Waals surface area (Å²) in [6.07, 6.45) is -0.126. The van der Waals surface area contributed by atoms with Crippen molar-refractivity contribution in [3.05, 3.63) is 104 Å². The Bertz CT molecular complexity index is 975. The van der Waals surface area contributed by atoms with Crippen LogP contribution in [-0.4, -0.2) is 24.1 Å². The molecule has 0 spiro atoms. The van der Waals surface area contributed by atoms with E-state index in [-0.39, 0.29) is 0 Å². The van der Waals surface area contributed by atoms with Crippen LogP contribution < -0.4 is 0 Å². The smallest absolute Gasteiger partial charge is 0.338 e. The summed E-state index contributed by atoms with van der Waals surface area (Å²) in [6.45, 7) is 0. The number of carbonyl (C=O) groups is 2. The largest absolute Gasteiger partial charge is 0.454 e. The van der Waals surface area contributed by atoms with E-state index in [1.807, 2.05) is 24.3 Å². The van der Waals surface area contributed by atoms with Crippen LogP contribution in [0.2, 0.25) is 0 Å². The van der Waals surface area contributed by atoms with Crippen molar-refractivity contribution in [2.45, 2.75) is 25.0 Å². The van der Waals surface area contributed by atoms with Gasteiger partial charge in [-0.3, -0.25) is 0 Å². The fraction of sp³-hybridized carbons (Fsp3) is 0.167. The predicted octanol–water partition coefficient (Wildman–Crippen LogP) is 5.76. The maximum absolute atomic E-state index is 12.7. The van der Waals surface area contributed by atoms with Gasteiger partial charge in [-0.15, -0.1) is 0 Å². The molecule has 4 nitrogen and oxygen atoms in total. The average molecular weight is 530 g/mol. The molecule has 0 saturated carbocycles. The molecule has 0 heterocycles. The summed E-state index contributed by atoms with van der Waals surface area (Å²) in [7, 11) is 0. The number of hydrogen-bond acceptors (Lipinski definition) is 4. The van der Waals surface area contributed by atoms with E-state index < -0.39 is 24.1 Å². The molecule has 0 saturated heterocycles. The second-order valence-electron chi connectivity index (χ2n) is 7.08. The van der Waals surface area contributed by atoms with Crippen LogP contribution in [0.3, 0.4) is 0 Å². The van der Waals surface area contributed by atoms with E-state index in [1.165, 1.54) is 0 Å². The van der Waals surface area contributed by atoms with Gasteiger partial charge in [-0.1, -0.05) is 56.1 Å². The molecule has 152 valence electrons. The molecule has 0 aliphatic heterocycles. The minimum Gasteiger partial charge on any atom is -0.454 e. The van der Waals surface area contributed by atoms with Gasteiger partial charge in [0, 0.05) is 21.8 Å². The van der Waals surface area contributed by atoms with Gasteiger partial charge in [0.1, 0.15) is 12.2 Å². The number of esters is 2. The lowest BCUT2D eigenvalue weighted by Gasteiger charge is -2.32. The molecule has 2 atom stereocenters. The van der Waals surface area contributed by atoms with Crippen LogP contribution in [0.4, 0.5) is 0 Å². The topological polar surface area (TPSA) is 52.6 Å². The Kier molecular flexibility index (Phi) is 6.35. The maximum atomic E-state index is 12.7. The summed E-state index contributed by atoms with van der Waals surface area (Å²) in [6, 6.07) is 21.9. The van der Waals surface area contributed by atoms with Crippen LogP contribution in [0, 0.1) is 0 Å². The van der Waals surface area contributed by atoms with Gasteiger partial charge in [0.2, 0.25) is 0 Å². The normalized spacial score (nSPS) is 17.7. The standard InChI is InChI=1S/C24H18Br2O4/c25-19-9-5-15(6-10-19)23(27)29-21-13-17-3-1-2-4-18(17)14-22(21)30-24(28)16-7-11-20(26)12-8-16/h1-12,21-22H,13-14H2/t21-,22+. The third-order valence-electron chi connectivity index (χ3n) is 5.05. The molecule has 0 unspecified atom stereocenters. The number of carbonyl (C=O) groups excluding carboxylic acids is 2. The second-order valence-corrected chi connectivity index (χ2v) is 8.91. The Labute approximate surface area is 191 Å². The van der Waals surface area contributed by atoms with Crippen molar-refractivity contribution in [2.24, 2.45) is 0 Å². The molecule has 0 amide bonds. The first-order valence-corrected chi connectivity index (χ1v) is 11.1. The van der Waals surface area contributed by atoms with E-state index >= 15 is 0 Å². The van der Waals surface area contributed by atoms with Gasteiger partial charge in [-0.25, -0.2) is 9.59 Å². The van der Waals surface area contributed by atoms with Crippen molar-refractivity contribution in [3.8, 4) is 0 Å². The van der Waals surface area contributed by atoms with Crippen LogP contribution in [0.1, 0.15) is 31.8 Å². The van der Waals surface area contributed by atoms with Crippen molar-refractivity contribution < 1.29 is 19.1 Å². The van der Waals surface area contributed by atoms with Crippen LogP contribution in [0.25, 0.3) is 0 Å². The SMILES string of the molecule is O=C(O[C@H]1Cc2ccccc2C[C@H]1OC(=O)c1ccc(Br)cc1)c1ccc(Br)cc1. The van der Waals surface area contributed by atoms with Gasteiger partial charge in [0.05, 0.1) is 11.1 Å². The lowest BCUT2D eigenvalue weighted by molar-refractivity contribution is -0.0389. The molecule has 1 aliphatic carbocycles. The summed E-state index contributed by atoms with van der Waals surface area (Å²) >= 11 is 6.72. The Balaban J connectivity index is 1.55. The lowest BCUT2D eigenvalue weighted by Crippen LogP contribution is -2.41. The van der Waals surface area contributed by atoms with Crippen LogP contribution >= 0.6 is 31.9 Å². The first-order valence-electron chi connectivity index (χ1n) is 9.49. The lowest BCUT2D eigenvalue weighted by atomic mass is 9.87. The van der Waals surface area contributed by atoms with E-state index in [1.54, 1.807) is 48.5 Å². The molecule has 3 aromatic carbocycles. The van der Waals surface area contributed by atoms with Crippen molar-refractivity contribution in [1.29, 1.82) is 0 Å². The number of fused-ring (bicyclic) bond motifs is 1. The molecule has 3 aromatic rings. The highest BCUT2D eigenvalue weighted by atomic mass is 79.9. The zero-order valence-corrected chi connectivity index (χ0v) is 19.1. The Morgan fingerprint density at radius 3 is 1.37 bits per heavy atom. The van der Waals surface area contributed by atoms with Crippen molar-refractivity contribution in [3.63, 3.8) is 0 Å². The molecule has 0 fully saturated rings. The van der Waals surface area contributed by atoms with E-state index in [2.05, 4.69) is 31.9 Å². The Morgan fingerprint density at radius 2 is 1.00 bits per heavy atom. The minimum atomic E-state index is -0.560. The van der Waals surface area contributed by atoms with Gasteiger partial charge < -0.3 is 9.47 Å². The highest BCUT2D eigenvalue weighted by molar-refractivity contribution is 9.10. The number of ether oxygens (including phenoxy) is 2. The molecule has 0 N–H and O–H groups in total. The summed E-state index contributed by atoms with van der Waals surface area (Å²) in [5, 5.41) is 0. The first-order chi connectivity index (χ1) is 14.5.